The Morgan fingerprint density at radius 3 is 2.20 bits per heavy atom. The highest BCUT2D eigenvalue weighted by Crippen LogP contribution is 2.21. The van der Waals surface area contributed by atoms with Gasteiger partial charge >= 0.3 is 5.97 Å². The van der Waals surface area contributed by atoms with Gasteiger partial charge in [0.15, 0.2) is 0 Å². The minimum Gasteiger partial charge on any atom is -0.423 e. The Balaban J connectivity index is 1.36. The number of hydrogen-bond donors (Lipinski definition) is 1. The van der Waals surface area contributed by atoms with Gasteiger partial charge in [-0.3, -0.25) is 4.79 Å². The zero-order valence-corrected chi connectivity index (χ0v) is 20.7. The molecule has 0 atom stereocenters. The molecule has 3 rings (SSSR count). The molecule has 35 heavy (non-hydrogen) atoms. The maximum absolute atomic E-state index is 12.7. The number of hydrazone groups is 1. The standard InChI is InChI=1S/C30H36N2O3/c1-2-3-4-5-6-7-8-9-10-18-29(33)32-31-23-24-19-21-26(22-20-24)35-30(34)28-17-13-15-25-14-11-12-16-27(25)28/h11-17,19-23H,2-10,18H2,1H3,(H,32,33)/b31-23+. The lowest BCUT2D eigenvalue weighted by atomic mass is 10.0. The summed E-state index contributed by atoms with van der Waals surface area (Å²) >= 11 is 0. The van der Waals surface area contributed by atoms with Crippen LogP contribution >= 0.6 is 0 Å². The van der Waals surface area contributed by atoms with Crippen LogP contribution in [0.25, 0.3) is 10.8 Å². The Kier molecular flexibility index (Phi) is 11.0. The second-order valence-corrected chi connectivity index (χ2v) is 8.86. The van der Waals surface area contributed by atoms with Crippen LogP contribution in [-0.2, 0) is 4.79 Å². The van der Waals surface area contributed by atoms with Crippen LogP contribution in [0.5, 0.6) is 5.75 Å². The average Bonchev–Trinajstić information content (AvgIpc) is 2.88. The van der Waals surface area contributed by atoms with E-state index in [4.69, 9.17) is 4.74 Å². The lowest BCUT2D eigenvalue weighted by Crippen LogP contribution is -2.16. The number of nitrogens with one attached hydrogen (secondary N) is 1. The number of nitrogens with zero attached hydrogens (tertiary/aromatic N) is 1. The van der Waals surface area contributed by atoms with E-state index in [1.165, 1.54) is 44.9 Å². The summed E-state index contributed by atoms with van der Waals surface area (Å²) in [5, 5.41) is 5.90. The summed E-state index contributed by atoms with van der Waals surface area (Å²) in [6.07, 6.45) is 13.1. The molecule has 184 valence electrons. The first kappa shape index (κ1) is 26.1. The number of carbonyl (C=O) groups is 2. The highest BCUT2D eigenvalue weighted by molar-refractivity contribution is 6.05. The number of fused-ring (bicyclic) bond motifs is 1. The van der Waals surface area contributed by atoms with Gasteiger partial charge in [-0.05, 0) is 53.1 Å². The molecule has 0 bridgehead atoms. The molecule has 0 aliphatic rings. The highest BCUT2D eigenvalue weighted by Gasteiger charge is 2.12. The van der Waals surface area contributed by atoms with Gasteiger partial charge in [0.05, 0.1) is 11.8 Å². The van der Waals surface area contributed by atoms with Gasteiger partial charge in [0, 0.05) is 6.42 Å². The summed E-state index contributed by atoms with van der Waals surface area (Å²) < 4.78 is 5.55. The summed E-state index contributed by atoms with van der Waals surface area (Å²) in [4.78, 5) is 24.6. The second-order valence-electron chi connectivity index (χ2n) is 8.86. The molecule has 1 N–H and O–H groups in total. The Morgan fingerprint density at radius 1 is 0.800 bits per heavy atom. The van der Waals surface area contributed by atoms with Crippen LogP contribution in [0.15, 0.2) is 71.8 Å². The van der Waals surface area contributed by atoms with Crippen molar-refractivity contribution in [2.24, 2.45) is 5.10 Å². The number of carbonyl (C=O) groups excluding carboxylic acids is 2. The van der Waals surface area contributed by atoms with Crippen molar-refractivity contribution >= 4 is 28.9 Å². The summed E-state index contributed by atoms with van der Waals surface area (Å²) in [6.45, 7) is 2.23. The molecule has 1 amide bonds. The van der Waals surface area contributed by atoms with E-state index in [0.29, 0.717) is 17.7 Å². The van der Waals surface area contributed by atoms with Crippen molar-refractivity contribution in [2.75, 3.05) is 0 Å². The third-order valence-electron chi connectivity index (χ3n) is 6.01. The number of ether oxygens (including phenoxy) is 1. The molecule has 3 aromatic carbocycles. The number of hydrogen-bond acceptors (Lipinski definition) is 4. The lowest BCUT2D eigenvalue weighted by molar-refractivity contribution is -0.121. The molecule has 5 heteroatoms. The second kappa shape index (κ2) is 14.7. The summed E-state index contributed by atoms with van der Waals surface area (Å²) in [5.41, 5.74) is 3.92. The molecule has 0 radical (unpaired) electrons. The molecule has 0 heterocycles. The minimum absolute atomic E-state index is 0.0650. The van der Waals surface area contributed by atoms with Crippen molar-refractivity contribution in [1.29, 1.82) is 0 Å². The average molecular weight is 473 g/mol. The van der Waals surface area contributed by atoms with Gasteiger partial charge in [0.25, 0.3) is 0 Å². The third kappa shape index (κ3) is 9.01. The van der Waals surface area contributed by atoms with Gasteiger partial charge in [0.2, 0.25) is 5.91 Å². The van der Waals surface area contributed by atoms with E-state index < -0.39 is 5.97 Å². The van der Waals surface area contributed by atoms with Gasteiger partial charge in [-0.25, -0.2) is 10.2 Å². The molecule has 0 aromatic heterocycles. The predicted molar refractivity (Wildman–Crippen MR) is 143 cm³/mol. The van der Waals surface area contributed by atoms with Crippen LogP contribution < -0.4 is 10.2 Å². The van der Waals surface area contributed by atoms with E-state index in [2.05, 4.69) is 17.5 Å². The van der Waals surface area contributed by atoms with E-state index >= 15 is 0 Å². The topological polar surface area (TPSA) is 67.8 Å². The molecule has 0 fully saturated rings. The van der Waals surface area contributed by atoms with E-state index in [0.717, 1.165) is 29.2 Å². The molecule has 0 saturated heterocycles. The third-order valence-corrected chi connectivity index (χ3v) is 6.01. The maximum atomic E-state index is 12.7. The zero-order valence-electron chi connectivity index (χ0n) is 20.7. The van der Waals surface area contributed by atoms with Crippen molar-refractivity contribution in [3.05, 3.63) is 77.9 Å². The number of unbranched alkanes of at least 4 members (excludes halogenated alkanes) is 8. The molecule has 5 nitrogen and oxygen atoms in total. The summed E-state index contributed by atoms with van der Waals surface area (Å²) in [7, 11) is 0. The first-order valence-electron chi connectivity index (χ1n) is 12.8. The molecule has 0 aliphatic heterocycles. The van der Waals surface area contributed by atoms with Crippen LogP contribution in [0.4, 0.5) is 0 Å². The monoisotopic (exact) mass is 472 g/mol. The van der Waals surface area contributed by atoms with Gasteiger partial charge in [-0.1, -0.05) is 94.7 Å². The van der Waals surface area contributed by atoms with Gasteiger partial charge in [-0.2, -0.15) is 5.10 Å². The highest BCUT2D eigenvalue weighted by atomic mass is 16.5. The number of amides is 1. The van der Waals surface area contributed by atoms with Crippen LogP contribution in [0.2, 0.25) is 0 Å². The Morgan fingerprint density at radius 2 is 1.46 bits per heavy atom. The fourth-order valence-electron chi connectivity index (χ4n) is 4.02. The van der Waals surface area contributed by atoms with Crippen LogP contribution in [0.1, 0.15) is 87.1 Å². The van der Waals surface area contributed by atoms with E-state index in [1.807, 2.05) is 36.4 Å². The minimum atomic E-state index is -0.396. The Labute approximate surface area is 208 Å². The molecule has 0 unspecified atom stereocenters. The SMILES string of the molecule is CCCCCCCCCCCC(=O)N/N=C/c1ccc(OC(=O)c2cccc3ccccc23)cc1. The normalized spacial score (nSPS) is 11.1. The van der Waals surface area contributed by atoms with Gasteiger partial charge in [0.1, 0.15) is 5.75 Å². The van der Waals surface area contributed by atoms with Crippen molar-refractivity contribution in [3.8, 4) is 5.75 Å². The fourth-order valence-corrected chi connectivity index (χ4v) is 4.02. The first-order valence-corrected chi connectivity index (χ1v) is 12.8. The summed E-state index contributed by atoms with van der Waals surface area (Å²) in [6, 6.07) is 20.3. The largest absolute Gasteiger partial charge is 0.423 e. The molecular formula is C30H36N2O3. The number of esters is 1. The fraction of sp³-hybridized carbons (Fsp3) is 0.367. The molecule has 0 aliphatic carbocycles. The van der Waals surface area contributed by atoms with Crippen molar-refractivity contribution in [1.82, 2.24) is 5.43 Å². The first-order chi connectivity index (χ1) is 17.2. The molecule has 0 spiro atoms. The van der Waals surface area contributed by atoms with Crippen LogP contribution in [0.3, 0.4) is 0 Å². The van der Waals surface area contributed by atoms with Gasteiger partial charge in [-0.15, -0.1) is 0 Å². The van der Waals surface area contributed by atoms with Crippen molar-refractivity contribution in [3.63, 3.8) is 0 Å². The number of rotatable bonds is 14. The van der Waals surface area contributed by atoms with Crippen molar-refractivity contribution in [2.45, 2.75) is 71.1 Å². The molecular weight excluding hydrogens is 436 g/mol. The Hall–Kier alpha value is -3.47. The van der Waals surface area contributed by atoms with Crippen molar-refractivity contribution < 1.29 is 14.3 Å². The predicted octanol–water partition coefficient (Wildman–Crippen LogP) is 7.43. The zero-order chi connectivity index (χ0) is 24.7. The lowest BCUT2D eigenvalue weighted by Gasteiger charge is -2.07. The number of benzene rings is 3. The van der Waals surface area contributed by atoms with Crippen LogP contribution in [0, 0.1) is 0 Å². The maximum Gasteiger partial charge on any atom is 0.344 e. The van der Waals surface area contributed by atoms with E-state index in [1.54, 1.807) is 36.5 Å². The van der Waals surface area contributed by atoms with E-state index in [9.17, 15) is 9.59 Å². The van der Waals surface area contributed by atoms with Gasteiger partial charge < -0.3 is 4.74 Å². The summed E-state index contributed by atoms with van der Waals surface area (Å²) in [5.74, 6) is -0.00806. The van der Waals surface area contributed by atoms with Crippen LogP contribution in [-0.4, -0.2) is 18.1 Å². The Bertz CT molecular complexity index is 1100. The molecule has 3 aromatic rings. The quantitative estimate of drug-likeness (QED) is 0.0872. The smallest absolute Gasteiger partial charge is 0.344 e. The molecule has 0 saturated carbocycles. The van der Waals surface area contributed by atoms with E-state index in [-0.39, 0.29) is 5.91 Å².